The molecule has 1 N–H and O–H groups in total. The molecule has 1 amide bonds. The molecule has 120 valence electrons. The molecular formula is C16H17N3O3S. The molecule has 0 unspecified atom stereocenters. The summed E-state index contributed by atoms with van der Waals surface area (Å²) in [7, 11) is -3.86. The molecule has 2 heterocycles. The number of rotatable bonds is 4. The van der Waals surface area contributed by atoms with E-state index in [1.807, 2.05) is 0 Å². The van der Waals surface area contributed by atoms with Crippen LogP contribution in [0.4, 0.5) is 5.69 Å². The van der Waals surface area contributed by atoms with Crippen LogP contribution in [0.2, 0.25) is 0 Å². The number of nitrogens with zero attached hydrogens (tertiary/aromatic N) is 2. The quantitative estimate of drug-likeness (QED) is 0.931. The average molecular weight is 331 g/mol. The Morgan fingerprint density at radius 1 is 1.09 bits per heavy atom. The van der Waals surface area contributed by atoms with Crippen LogP contribution in [0, 0.1) is 0 Å². The van der Waals surface area contributed by atoms with E-state index in [0.717, 1.165) is 12.8 Å². The molecule has 1 aliphatic rings. The average Bonchev–Trinajstić information content (AvgIpc) is 3.09. The molecule has 1 saturated heterocycles. The second kappa shape index (κ2) is 6.37. The molecule has 0 aliphatic carbocycles. The van der Waals surface area contributed by atoms with E-state index in [2.05, 4.69) is 9.71 Å². The lowest BCUT2D eigenvalue weighted by Gasteiger charge is -2.18. The van der Waals surface area contributed by atoms with Crippen molar-refractivity contribution >= 4 is 21.6 Å². The van der Waals surface area contributed by atoms with E-state index >= 15 is 0 Å². The minimum absolute atomic E-state index is 0.0132. The van der Waals surface area contributed by atoms with Crippen molar-refractivity contribution in [1.29, 1.82) is 0 Å². The summed E-state index contributed by atoms with van der Waals surface area (Å²) in [6, 6.07) is 9.53. The van der Waals surface area contributed by atoms with Crippen LogP contribution in [0.5, 0.6) is 0 Å². The molecule has 1 aliphatic heterocycles. The third kappa shape index (κ3) is 3.34. The molecule has 0 spiro atoms. The summed E-state index contributed by atoms with van der Waals surface area (Å²) < 4.78 is 27.7. The summed E-state index contributed by atoms with van der Waals surface area (Å²) in [4.78, 5) is 18.1. The fourth-order valence-electron chi connectivity index (χ4n) is 2.60. The minimum atomic E-state index is -3.86. The zero-order valence-corrected chi connectivity index (χ0v) is 13.3. The predicted octanol–water partition coefficient (Wildman–Crippen LogP) is 2.12. The van der Waals surface area contributed by atoms with Gasteiger partial charge in [0.15, 0.2) is 0 Å². The molecule has 0 bridgehead atoms. The van der Waals surface area contributed by atoms with Crippen LogP contribution in [-0.2, 0) is 10.0 Å². The number of sulfonamides is 1. The second-order valence-corrected chi connectivity index (χ2v) is 6.99. The van der Waals surface area contributed by atoms with E-state index in [1.54, 1.807) is 41.4 Å². The number of aromatic nitrogens is 1. The van der Waals surface area contributed by atoms with Crippen molar-refractivity contribution in [3.63, 3.8) is 0 Å². The van der Waals surface area contributed by atoms with E-state index in [1.165, 1.54) is 12.3 Å². The molecule has 23 heavy (non-hydrogen) atoms. The summed E-state index contributed by atoms with van der Waals surface area (Å²) in [5.41, 5.74) is 0.557. The summed E-state index contributed by atoms with van der Waals surface area (Å²) in [6.45, 7) is 1.34. The molecule has 0 atom stereocenters. The van der Waals surface area contributed by atoms with Crippen LogP contribution < -0.4 is 4.72 Å². The lowest BCUT2D eigenvalue weighted by atomic mass is 10.2. The first-order valence-corrected chi connectivity index (χ1v) is 8.87. The maximum atomic E-state index is 12.6. The number of anilines is 1. The first-order valence-electron chi connectivity index (χ1n) is 7.39. The molecule has 0 saturated carbocycles. The largest absolute Gasteiger partial charge is 0.339 e. The Morgan fingerprint density at radius 3 is 2.52 bits per heavy atom. The van der Waals surface area contributed by atoms with Crippen molar-refractivity contribution in [3.8, 4) is 0 Å². The molecule has 0 radical (unpaired) electrons. The highest BCUT2D eigenvalue weighted by atomic mass is 32.2. The molecule has 1 aromatic carbocycles. The molecular weight excluding hydrogens is 314 g/mol. The predicted molar refractivity (Wildman–Crippen MR) is 86.6 cm³/mol. The number of pyridine rings is 1. The van der Waals surface area contributed by atoms with Crippen molar-refractivity contribution in [1.82, 2.24) is 9.88 Å². The summed E-state index contributed by atoms with van der Waals surface area (Å²) in [6.07, 6.45) is 4.88. The van der Waals surface area contributed by atoms with Crippen LogP contribution in [0.3, 0.4) is 0 Å². The molecule has 6 nitrogen and oxygen atoms in total. The van der Waals surface area contributed by atoms with E-state index in [0.29, 0.717) is 18.8 Å². The van der Waals surface area contributed by atoms with Gasteiger partial charge in [-0.3, -0.25) is 14.5 Å². The lowest BCUT2D eigenvalue weighted by molar-refractivity contribution is 0.0789. The Kier molecular flexibility index (Phi) is 4.29. The van der Waals surface area contributed by atoms with Gasteiger partial charge in [0.05, 0.1) is 17.4 Å². The van der Waals surface area contributed by atoms with Gasteiger partial charge in [0.1, 0.15) is 4.90 Å². The topological polar surface area (TPSA) is 79.4 Å². The lowest BCUT2D eigenvalue weighted by Crippen LogP contribution is -2.29. The number of hydrogen-bond acceptors (Lipinski definition) is 4. The summed E-state index contributed by atoms with van der Waals surface area (Å²) in [5.74, 6) is -0.241. The number of carbonyl (C=O) groups is 1. The van der Waals surface area contributed by atoms with Crippen LogP contribution in [0.25, 0.3) is 0 Å². The molecule has 3 rings (SSSR count). The van der Waals surface area contributed by atoms with E-state index in [-0.39, 0.29) is 16.4 Å². The highest BCUT2D eigenvalue weighted by Gasteiger charge is 2.26. The van der Waals surface area contributed by atoms with Crippen LogP contribution >= 0.6 is 0 Å². The third-order valence-electron chi connectivity index (χ3n) is 3.71. The zero-order valence-electron chi connectivity index (χ0n) is 12.5. The second-order valence-electron chi connectivity index (χ2n) is 5.34. The summed E-state index contributed by atoms with van der Waals surface area (Å²) >= 11 is 0. The van der Waals surface area contributed by atoms with Gasteiger partial charge in [0.25, 0.3) is 15.9 Å². The van der Waals surface area contributed by atoms with Crippen LogP contribution in [0.15, 0.2) is 53.7 Å². The van der Waals surface area contributed by atoms with Crippen molar-refractivity contribution in [3.05, 3.63) is 54.4 Å². The van der Waals surface area contributed by atoms with Crippen molar-refractivity contribution in [2.75, 3.05) is 17.8 Å². The van der Waals surface area contributed by atoms with Crippen molar-refractivity contribution in [2.45, 2.75) is 17.7 Å². The van der Waals surface area contributed by atoms with Gasteiger partial charge in [-0.15, -0.1) is 0 Å². The van der Waals surface area contributed by atoms with Gasteiger partial charge < -0.3 is 4.90 Å². The van der Waals surface area contributed by atoms with E-state index in [4.69, 9.17) is 0 Å². The number of amides is 1. The Morgan fingerprint density at radius 2 is 1.83 bits per heavy atom. The van der Waals surface area contributed by atoms with Gasteiger partial charge in [-0.2, -0.15) is 0 Å². The highest BCUT2D eigenvalue weighted by molar-refractivity contribution is 7.92. The third-order valence-corrected chi connectivity index (χ3v) is 5.15. The Hall–Kier alpha value is -2.41. The zero-order chi connectivity index (χ0) is 16.3. The SMILES string of the molecule is O=C(c1ccccc1S(=O)(=O)Nc1cccnc1)N1CCCC1. The Bertz CT molecular complexity index is 800. The maximum Gasteiger partial charge on any atom is 0.262 e. The van der Waals surface area contributed by atoms with Crippen molar-refractivity contribution in [2.24, 2.45) is 0 Å². The standard InChI is InChI=1S/C16H17N3O3S/c20-16(19-10-3-4-11-19)14-7-1-2-8-15(14)23(21,22)18-13-6-5-9-17-12-13/h1-2,5-9,12,18H,3-4,10-11H2. The first kappa shape index (κ1) is 15.5. The summed E-state index contributed by atoms with van der Waals surface area (Å²) in [5, 5.41) is 0. The number of hydrogen-bond donors (Lipinski definition) is 1. The molecule has 2 aromatic rings. The van der Waals surface area contributed by atoms with Gasteiger partial charge in [-0.25, -0.2) is 8.42 Å². The normalized spacial score (nSPS) is 14.7. The molecule has 1 aromatic heterocycles. The molecule has 7 heteroatoms. The first-order chi connectivity index (χ1) is 11.1. The highest BCUT2D eigenvalue weighted by Crippen LogP contribution is 2.22. The van der Waals surface area contributed by atoms with Crippen molar-refractivity contribution < 1.29 is 13.2 Å². The van der Waals surface area contributed by atoms with Gasteiger partial charge in [0, 0.05) is 19.3 Å². The Balaban J connectivity index is 1.94. The van der Waals surface area contributed by atoms with E-state index < -0.39 is 10.0 Å². The van der Waals surface area contributed by atoms with Gasteiger partial charge >= 0.3 is 0 Å². The fourth-order valence-corrected chi connectivity index (χ4v) is 3.85. The van der Waals surface area contributed by atoms with Gasteiger partial charge in [-0.1, -0.05) is 12.1 Å². The number of carbonyl (C=O) groups excluding carboxylic acids is 1. The molecule has 1 fully saturated rings. The van der Waals surface area contributed by atoms with E-state index in [9.17, 15) is 13.2 Å². The number of nitrogens with one attached hydrogen (secondary N) is 1. The fraction of sp³-hybridized carbons (Fsp3) is 0.250. The Labute approximate surface area is 135 Å². The van der Waals surface area contributed by atoms with Crippen LogP contribution in [0.1, 0.15) is 23.2 Å². The van der Waals surface area contributed by atoms with Gasteiger partial charge in [0.2, 0.25) is 0 Å². The van der Waals surface area contributed by atoms with Gasteiger partial charge in [-0.05, 0) is 37.1 Å². The smallest absolute Gasteiger partial charge is 0.262 e. The van der Waals surface area contributed by atoms with Crippen LogP contribution in [-0.4, -0.2) is 37.3 Å². The maximum absolute atomic E-state index is 12.6. The number of benzene rings is 1. The monoisotopic (exact) mass is 331 g/mol. The minimum Gasteiger partial charge on any atom is -0.339 e. The number of likely N-dealkylation sites (tertiary alicyclic amines) is 1.